The molecule has 1 amide bonds. The zero-order chi connectivity index (χ0) is 16.8. The topological polar surface area (TPSA) is 97.1 Å². The lowest BCUT2D eigenvalue weighted by Crippen LogP contribution is -2.28. The Hall–Kier alpha value is -2.12. The van der Waals surface area contributed by atoms with Crippen molar-refractivity contribution in [1.82, 2.24) is 20.3 Å². The number of carbonyl (C=O) groups excluding carboxylic acids is 1. The van der Waals surface area contributed by atoms with Crippen molar-refractivity contribution in [2.45, 2.75) is 19.4 Å². The minimum Gasteiger partial charge on any atom is -0.476 e. The van der Waals surface area contributed by atoms with Gasteiger partial charge in [-0.2, -0.15) is 0 Å². The summed E-state index contributed by atoms with van der Waals surface area (Å²) in [4.78, 5) is 22.4. The number of nitrogens with one attached hydrogen (secondary N) is 1. The molecule has 0 saturated heterocycles. The van der Waals surface area contributed by atoms with E-state index in [0.717, 1.165) is 5.56 Å². The zero-order valence-corrected chi connectivity index (χ0v) is 13.5. The molecule has 0 fully saturated rings. The van der Waals surface area contributed by atoms with Crippen LogP contribution >= 0.6 is 23.2 Å². The molecule has 23 heavy (non-hydrogen) atoms. The maximum Gasteiger partial charge on any atom is 0.358 e. The number of carbonyl (C=O) groups is 2. The van der Waals surface area contributed by atoms with Crippen molar-refractivity contribution in [3.63, 3.8) is 0 Å². The quantitative estimate of drug-likeness (QED) is 0.739. The second-order valence-corrected chi connectivity index (χ2v) is 5.64. The van der Waals surface area contributed by atoms with Crippen LogP contribution in [0, 0.1) is 0 Å². The van der Waals surface area contributed by atoms with Gasteiger partial charge in [-0.1, -0.05) is 34.5 Å². The lowest BCUT2D eigenvalue weighted by Gasteiger charge is -2.06. The van der Waals surface area contributed by atoms with E-state index < -0.39 is 5.97 Å². The molecule has 0 radical (unpaired) electrons. The highest BCUT2D eigenvalue weighted by atomic mass is 35.5. The maximum absolute atomic E-state index is 11.7. The number of aryl methyl sites for hydroxylation is 1. The number of carboxylic acid groups (broad SMARTS) is 1. The summed E-state index contributed by atoms with van der Waals surface area (Å²) in [5.41, 5.74) is 0.767. The normalized spacial score (nSPS) is 10.5. The van der Waals surface area contributed by atoms with Gasteiger partial charge in [0.2, 0.25) is 5.91 Å². The van der Waals surface area contributed by atoms with E-state index in [4.69, 9.17) is 28.3 Å². The summed E-state index contributed by atoms with van der Waals surface area (Å²) in [6.07, 6.45) is 2.63. The molecular formula is C14H14Cl2N4O3. The number of aromatic carboxylic acids is 1. The van der Waals surface area contributed by atoms with Crippen molar-refractivity contribution in [2.24, 2.45) is 0 Å². The third-order valence-corrected chi connectivity index (χ3v) is 3.61. The SMILES string of the molecule is O=C(Cn1cc(C(=O)O)nn1)NCCCc1ccc(Cl)cc1Cl. The van der Waals surface area contributed by atoms with Crippen LogP contribution < -0.4 is 5.32 Å². The minimum atomic E-state index is -1.18. The number of hydrogen-bond acceptors (Lipinski definition) is 4. The van der Waals surface area contributed by atoms with Crippen molar-refractivity contribution in [3.8, 4) is 0 Å². The standard InChI is InChI=1S/C14H14Cl2N4O3/c15-10-4-3-9(11(16)6-10)2-1-5-17-13(21)8-20-7-12(14(22)23)18-19-20/h3-4,6-7H,1-2,5,8H2,(H,17,21)(H,22,23). The monoisotopic (exact) mass is 356 g/mol. The number of amides is 1. The lowest BCUT2D eigenvalue weighted by atomic mass is 10.1. The summed E-state index contributed by atoms with van der Waals surface area (Å²) in [6.45, 7) is 0.389. The second kappa shape index (κ2) is 7.94. The third kappa shape index (κ3) is 5.22. The van der Waals surface area contributed by atoms with E-state index in [-0.39, 0.29) is 18.1 Å². The van der Waals surface area contributed by atoms with E-state index in [0.29, 0.717) is 29.4 Å². The molecule has 2 N–H and O–H groups in total. The second-order valence-electron chi connectivity index (χ2n) is 4.80. The highest BCUT2D eigenvalue weighted by Crippen LogP contribution is 2.21. The van der Waals surface area contributed by atoms with E-state index in [1.807, 2.05) is 6.07 Å². The molecule has 1 heterocycles. The Morgan fingerprint density at radius 3 is 2.74 bits per heavy atom. The Labute approximate surface area is 142 Å². The average Bonchev–Trinajstić information content (AvgIpc) is 2.94. The molecule has 1 aromatic heterocycles. The van der Waals surface area contributed by atoms with Gasteiger partial charge in [0.1, 0.15) is 6.54 Å². The van der Waals surface area contributed by atoms with Gasteiger partial charge in [-0.3, -0.25) is 4.79 Å². The zero-order valence-electron chi connectivity index (χ0n) is 12.0. The van der Waals surface area contributed by atoms with E-state index in [9.17, 15) is 9.59 Å². The van der Waals surface area contributed by atoms with Crippen LogP contribution in [0.4, 0.5) is 0 Å². The van der Waals surface area contributed by atoms with Crippen LogP contribution in [0.1, 0.15) is 22.5 Å². The smallest absolute Gasteiger partial charge is 0.358 e. The Kier molecular flexibility index (Phi) is 5.95. The van der Waals surface area contributed by atoms with Gasteiger partial charge in [-0.05, 0) is 30.5 Å². The van der Waals surface area contributed by atoms with Gasteiger partial charge in [0, 0.05) is 16.6 Å². The fourth-order valence-electron chi connectivity index (χ4n) is 1.91. The van der Waals surface area contributed by atoms with Gasteiger partial charge in [-0.25, -0.2) is 9.48 Å². The predicted octanol–water partition coefficient (Wildman–Crippen LogP) is 2.03. The first-order chi connectivity index (χ1) is 11.0. The number of aromatic nitrogens is 3. The van der Waals surface area contributed by atoms with E-state index in [2.05, 4.69) is 15.6 Å². The van der Waals surface area contributed by atoms with Gasteiger partial charge in [0.25, 0.3) is 0 Å². The predicted molar refractivity (Wildman–Crippen MR) is 84.8 cm³/mol. The van der Waals surface area contributed by atoms with Crippen LogP contribution in [-0.4, -0.2) is 38.5 Å². The van der Waals surface area contributed by atoms with Gasteiger partial charge >= 0.3 is 5.97 Å². The molecule has 0 spiro atoms. The number of hydrogen-bond donors (Lipinski definition) is 2. The van der Waals surface area contributed by atoms with Crippen LogP contribution in [0.3, 0.4) is 0 Å². The molecule has 0 saturated carbocycles. The van der Waals surface area contributed by atoms with Crippen LogP contribution in [0.25, 0.3) is 0 Å². The first-order valence-electron chi connectivity index (χ1n) is 6.80. The Bertz CT molecular complexity index is 718. The van der Waals surface area contributed by atoms with Gasteiger partial charge in [-0.15, -0.1) is 5.10 Å². The first-order valence-corrected chi connectivity index (χ1v) is 7.55. The molecule has 9 heteroatoms. The molecule has 122 valence electrons. The lowest BCUT2D eigenvalue weighted by molar-refractivity contribution is -0.121. The number of rotatable bonds is 7. The van der Waals surface area contributed by atoms with Crippen LogP contribution in [0.2, 0.25) is 10.0 Å². The summed E-state index contributed by atoms with van der Waals surface area (Å²) in [7, 11) is 0. The Morgan fingerprint density at radius 1 is 1.30 bits per heavy atom. The molecule has 0 atom stereocenters. The van der Waals surface area contributed by atoms with E-state index >= 15 is 0 Å². The van der Waals surface area contributed by atoms with Crippen molar-refractivity contribution >= 4 is 35.1 Å². The average molecular weight is 357 g/mol. The van der Waals surface area contributed by atoms with Gasteiger partial charge in [0.05, 0.1) is 6.20 Å². The van der Waals surface area contributed by atoms with Crippen LogP contribution in [-0.2, 0) is 17.8 Å². The van der Waals surface area contributed by atoms with Crippen molar-refractivity contribution in [3.05, 3.63) is 45.7 Å². The number of halogens is 2. The molecule has 1 aromatic carbocycles. The van der Waals surface area contributed by atoms with Crippen LogP contribution in [0.5, 0.6) is 0 Å². The van der Waals surface area contributed by atoms with Gasteiger partial charge < -0.3 is 10.4 Å². The van der Waals surface area contributed by atoms with E-state index in [1.54, 1.807) is 12.1 Å². The molecule has 0 aliphatic carbocycles. The fourth-order valence-corrected chi connectivity index (χ4v) is 2.41. The summed E-state index contributed by atoms with van der Waals surface area (Å²) < 4.78 is 1.18. The maximum atomic E-state index is 11.7. The van der Waals surface area contributed by atoms with Crippen molar-refractivity contribution in [1.29, 1.82) is 0 Å². The summed E-state index contributed by atoms with van der Waals surface area (Å²) in [5.74, 6) is -1.45. The molecule has 0 unspecified atom stereocenters. The van der Waals surface area contributed by atoms with Gasteiger partial charge in [0.15, 0.2) is 5.69 Å². The van der Waals surface area contributed by atoms with Crippen molar-refractivity contribution < 1.29 is 14.7 Å². The molecule has 2 rings (SSSR count). The molecule has 2 aromatic rings. The molecular weight excluding hydrogens is 343 g/mol. The summed E-state index contributed by atoms with van der Waals surface area (Å²) >= 11 is 11.9. The highest BCUT2D eigenvalue weighted by molar-refractivity contribution is 6.35. The van der Waals surface area contributed by atoms with Crippen molar-refractivity contribution in [2.75, 3.05) is 6.54 Å². The van der Waals surface area contributed by atoms with E-state index in [1.165, 1.54) is 10.9 Å². The Morgan fingerprint density at radius 2 is 2.09 bits per heavy atom. The molecule has 0 aliphatic heterocycles. The largest absolute Gasteiger partial charge is 0.476 e. The summed E-state index contributed by atoms with van der Waals surface area (Å²) in [6, 6.07) is 5.31. The highest BCUT2D eigenvalue weighted by Gasteiger charge is 2.10. The summed E-state index contributed by atoms with van der Waals surface area (Å²) in [5, 5.41) is 19.6. The molecule has 0 aliphatic rings. The number of carboxylic acids is 1. The Balaban J connectivity index is 1.73. The molecule has 7 nitrogen and oxygen atoms in total. The third-order valence-electron chi connectivity index (χ3n) is 3.02. The number of benzene rings is 1. The van der Waals surface area contributed by atoms with Crippen LogP contribution in [0.15, 0.2) is 24.4 Å². The number of nitrogens with zero attached hydrogens (tertiary/aromatic N) is 3. The fraction of sp³-hybridized carbons (Fsp3) is 0.286. The first kappa shape index (κ1) is 17.2. The molecule has 0 bridgehead atoms. The minimum absolute atomic E-state index is 0.0814.